The lowest BCUT2D eigenvalue weighted by Crippen LogP contribution is -2.21. The summed E-state index contributed by atoms with van der Waals surface area (Å²) >= 11 is 0. The average Bonchev–Trinajstić information content (AvgIpc) is 1.78. The first kappa shape index (κ1) is 9.68. The smallest absolute Gasteiger partial charge is 0.301 e. The van der Waals surface area contributed by atoms with Gasteiger partial charge in [0.05, 0.1) is 5.69 Å². The predicted molar refractivity (Wildman–Crippen MR) is 43.8 cm³/mol. The Labute approximate surface area is 73.4 Å². The molecule has 1 aromatic rings. The molecule has 0 unspecified atom stereocenters. The second kappa shape index (κ2) is 2.82. The number of hydrogen-bond donors (Lipinski definition) is 3. The third kappa shape index (κ3) is 1.84. The zero-order valence-electron chi connectivity index (χ0n) is 6.60. The number of aromatic nitrogens is 2. The molecule has 0 bridgehead atoms. The molecule has 0 spiro atoms. The van der Waals surface area contributed by atoms with E-state index in [2.05, 4.69) is 4.98 Å². The monoisotopic (exact) mass is 205 g/mol. The summed E-state index contributed by atoms with van der Waals surface area (Å²) < 4.78 is 29.9. The Morgan fingerprint density at radius 3 is 2.46 bits per heavy atom. The molecule has 0 aliphatic heterocycles. The molecule has 0 aliphatic rings. The molecule has 0 atom stereocenters. The Balaban J connectivity index is 3.67. The summed E-state index contributed by atoms with van der Waals surface area (Å²) in [6.07, 6.45) is 0. The zero-order valence-corrected chi connectivity index (χ0v) is 7.42. The van der Waals surface area contributed by atoms with Gasteiger partial charge < -0.3 is 5.73 Å². The van der Waals surface area contributed by atoms with E-state index in [1.165, 1.54) is 6.92 Å². The first-order valence-electron chi connectivity index (χ1n) is 3.16. The predicted octanol–water partition coefficient (Wildman–Crippen LogP) is -1.09. The molecule has 1 rings (SSSR count). The number of aromatic amines is 1. The summed E-state index contributed by atoms with van der Waals surface area (Å²) in [7, 11) is -4.54. The molecular weight excluding hydrogens is 198 g/mol. The van der Waals surface area contributed by atoms with E-state index in [0.29, 0.717) is 0 Å². The number of nitrogen functional groups attached to an aromatic ring is 1. The van der Waals surface area contributed by atoms with Crippen LogP contribution in [-0.4, -0.2) is 22.9 Å². The molecule has 0 radical (unpaired) electrons. The van der Waals surface area contributed by atoms with Crippen LogP contribution in [0.25, 0.3) is 0 Å². The maximum absolute atomic E-state index is 11.0. The minimum Gasteiger partial charge on any atom is -0.369 e. The molecule has 0 fully saturated rings. The van der Waals surface area contributed by atoms with Crippen molar-refractivity contribution >= 4 is 16.1 Å². The van der Waals surface area contributed by atoms with Crippen molar-refractivity contribution in [3.63, 3.8) is 0 Å². The van der Waals surface area contributed by atoms with Crippen LogP contribution in [0, 0.1) is 6.92 Å². The Bertz CT molecular complexity index is 489. The molecule has 0 aliphatic carbocycles. The summed E-state index contributed by atoms with van der Waals surface area (Å²) in [6.45, 7) is 1.26. The lowest BCUT2D eigenvalue weighted by molar-refractivity contribution is 0.480. The van der Waals surface area contributed by atoms with Crippen molar-refractivity contribution in [2.75, 3.05) is 5.73 Å². The van der Waals surface area contributed by atoms with Gasteiger partial charge in [0.15, 0.2) is 4.90 Å². The number of rotatable bonds is 1. The molecule has 0 aromatic carbocycles. The molecule has 1 aromatic heterocycles. The molecule has 0 saturated heterocycles. The third-order valence-electron chi connectivity index (χ3n) is 1.32. The Morgan fingerprint density at radius 2 is 2.08 bits per heavy atom. The van der Waals surface area contributed by atoms with Gasteiger partial charge in [-0.1, -0.05) is 0 Å². The minimum absolute atomic E-state index is 0.135. The van der Waals surface area contributed by atoms with Crippen molar-refractivity contribution in [1.82, 2.24) is 9.97 Å². The van der Waals surface area contributed by atoms with Crippen LogP contribution in [-0.2, 0) is 10.1 Å². The minimum atomic E-state index is -4.54. The molecule has 72 valence electrons. The highest BCUT2D eigenvalue weighted by molar-refractivity contribution is 7.85. The van der Waals surface area contributed by atoms with Gasteiger partial charge in [0.25, 0.3) is 5.56 Å². The van der Waals surface area contributed by atoms with E-state index in [0.717, 1.165) is 0 Å². The highest BCUT2D eigenvalue weighted by Crippen LogP contribution is 2.06. The molecule has 13 heavy (non-hydrogen) atoms. The van der Waals surface area contributed by atoms with Crippen LogP contribution in [0.5, 0.6) is 0 Å². The Morgan fingerprint density at radius 1 is 1.54 bits per heavy atom. The van der Waals surface area contributed by atoms with Crippen LogP contribution in [0.3, 0.4) is 0 Å². The van der Waals surface area contributed by atoms with Crippen molar-refractivity contribution < 1.29 is 13.0 Å². The van der Waals surface area contributed by atoms with Gasteiger partial charge in [-0.05, 0) is 6.92 Å². The number of anilines is 1. The molecule has 4 N–H and O–H groups in total. The third-order valence-corrected chi connectivity index (χ3v) is 2.32. The van der Waals surface area contributed by atoms with Gasteiger partial charge in [0, 0.05) is 0 Å². The normalized spacial score (nSPS) is 11.5. The van der Waals surface area contributed by atoms with Gasteiger partial charge >= 0.3 is 10.1 Å². The highest BCUT2D eigenvalue weighted by Gasteiger charge is 2.19. The number of nitrogens with zero attached hydrogens (tertiary/aromatic N) is 1. The number of nitrogens with two attached hydrogens (primary N) is 1. The second-order valence-corrected chi connectivity index (χ2v) is 3.70. The number of nitrogens with one attached hydrogen (secondary N) is 1. The molecular formula is C5H7N3O4S. The van der Waals surface area contributed by atoms with E-state index in [1.54, 1.807) is 0 Å². The summed E-state index contributed by atoms with van der Waals surface area (Å²) in [5.41, 5.74) is 4.01. The zero-order chi connectivity index (χ0) is 10.2. The average molecular weight is 205 g/mol. The second-order valence-electron chi connectivity index (χ2n) is 2.34. The Kier molecular flexibility index (Phi) is 2.10. The lowest BCUT2D eigenvalue weighted by atomic mass is 10.4. The van der Waals surface area contributed by atoms with Gasteiger partial charge in [-0.15, -0.1) is 0 Å². The van der Waals surface area contributed by atoms with Crippen LogP contribution >= 0.6 is 0 Å². The van der Waals surface area contributed by atoms with Crippen molar-refractivity contribution in [1.29, 1.82) is 0 Å². The van der Waals surface area contributed by atoms with Gasteiger partial charge in [0.2, 0.25) is 5.95 Å². The lowest BCUT2D eigenvalue weighted by Gasteiger charge is -2.00. The van der Waals surface area contributed by atoms with Gasteiger partial charge in [-0.3, -0.25) is 14.3 Å². The van der Waals surface area contributed by atoms with E-state index in [-0.39, 0.29) is 11.6 Å². The molecule has 7 nitrogen and oxygen atoms in total. The molecule has 0 saturated carbocycles. The first-order valence-corrected chi connectivity index (χ1v) is 4.60. The van der Waals surface area contributed by atoms with Crippen molar-refractivity contribution in [3.05, 3.63) is 16.0 Å². The van der Waals surface area contributed by atoms with E-state index >= 15 is 0 Å². The van der Waals surface area contributed by atoms with Gasteiger partial charge in [0.1, 0.15) is 0 Å². The van der Waals surface area contributed by atoms with E-state index in [4.69, 9.17) is 10.3 Å². The van der Waals surface area contributed by atoms with Gasteiger partial charge in [-0.2, -0.15) is 8.42 Å². The number of hydrogen-bond acceptors (Lipinski definition) is 5. The highest BCUT2D eigenvalue weighted by atomic mass is 32.2. The van der Waals surface area contributed by atoms with Crippen molar-refractivity contribution in [2.45, 2.75) is 11.8 Å². The largest absolute Gasteiger partial charge is 0.369 e. The fourth-order valence-corrected chi connectivity index (χ4v) is 1.60. The fourth-order valence-electron chi connectivity index (χ4n) is 0.901. The standard InChI is InChI=1S/C5H7N3O4S/c1-2-3(13(10,11)12)4(9)8-5(6)7-2/h1H3,(H,10,11,12)(H3,6,7,8,9). The van der Waals surface area contributed by atoms with E-state index in [9.17, 15) is 13.2 Å². The number of H-pyrrole nitrogens is 1. The van der Waals surface area contributed by atoms with Crippen molar-refractivity contribution in [2.24, 2.45) is 0 Å². The molecule has 0 amide bonds. The van der Waals surface area contributed by atoms with Crippen molar-refractivity contribution in [3.8, 4) is 0 Å². The summed E-state index contributed by atoms with van der Waals surface area (Å²) in [5, 5.41) is 0. The fraction of sp³-hybridized carbons (Fsp3) is 0.200. The molecule has 8 heteroatoms. The van der Waals surface area contributed by atoms with Crippen LogP contribution in [0.4, 0.5) is 5.95 Å². The van der Waals surface area contributed by atoms with Crippen LogP contribution in [0.1, 0.15) is 5.69 Å². The summed E-state index contributed by atoms with van der Waals surface area (Å²) in [5.74, 6) is -0.199. The summed E-state index contributed by atoms with van der Waals surface area (Å²) in [4.78, 5) is 15.7. The van der Waals surface area contributed by atoms with Crippen LogP contribution < -0.4 is 11.3 Å². The van der Waals surface area contributed by atoms with Gasteiger partial charge in [-0.25, -0.2) is 4.98 Å². The maximum Gasteiger partial charge on any atom is 0.301 e. The maximum atomic E-state index is 11.0. The van der Waals surface area contributed by atoms with Crippen LogP contribution in [0.15, 0.2) is 9.69 Å². The first-order chi connectivity index (χ1) is 5.82. The SMILES string of the molecule is Cc1nc(N)[nH]c(=O)c1S(=O)(=O)O. The molecule has 1 heterocycles. The topological polar surface area (TPSA) is 126 Å². The van der Waals surface area contributed by atoms with E-state index in [1.807, 2.05) is 4.98 Å². The Hall–Kier alpha value is -1.41. The number of aryl methyl sites for hydroxylation is 1. The van der Waals surface area contributed by atoms with Crippen LogP contribution in [0.2, 0.25) is 0 Å². The quantitative estimate of drug-likeness (QED) is 0.500. The summed E-state index contributed by atoms with van der Waals surface area (Å²) in [6, 6.07) is 0. The van der Waals surface area contributed by atoms with E-state index < -0.39 is 20.6 Å².